The van der Waals surface area contributed by atoms with Gasteiger partial charge in [-0.15, -0.1) is 0 Å². The van der Waals surface area contributed by atoms with Gasteiger partial charge in [0.1, 0.15) is 12.4 Å². The molecule has 164 valence electrons. The van der Waals surface area contributed by atoms with Crippen LogP contribution in [0, 0.1) is 6.92 Å². The summed E-state index contributed by atoms with van der Waals surface area (Å²) in [7, 11) is 1.78. The lowest BCUT2D eigenvalue weighted by atomic mass is 10.1. The van der Waals surface area contributed by atoms with Gasteiger partial charge in [-0.2, -0.15) is 0 Å². The highest BCUT2D eigenvalue weighted by atomic mass is 16.5. The van der Waals surface area contributed by atoms with Crippen molar-refractivity contribution in [2.24, 2.45) is 4.99 Å². The first-order valence-electron chi connectivity index (χ1n) is 10.7. The van der Waals surface area contributed by atoms with E-state index in [1.807, 2.05) is 6.92 Å². The SMILES string of the molecule is CCOCCOc1cc(C)ccc1CNC(=NC)NCCCOC1CCOCC1. The van der Waals surface area contributed by atoms with Crippen molar-refractivity contribution in [1.29, 1.82) is 0 Å². The number of guanidine groups is 1. The van der Waals surface area contributed by atoms with Gasteiger partial charge < -0.3 is 29.6 Å². The fourth-order valence-electron chi connectivity index (χ4n) is 3.07. The van der Waals surface area contributed by atoms with Gasteiger partial charge in [-0.1, -0.05) is 12.1 Å². The van der Waals surface area contributed by atoms with E-state index in [2.05, 4.69) is 40.7 Å². The first-order chi connectivity index (χ1) is 14.2. The molecule has 0 unspecified atom stereocenters. The minimum atomic E-state index is 0.351. The minimum Gasteiger partial charge on any atom is -0.491 e. The summed E-state index contributed by atoms with van der Waals surface area (Å²) in [6.07, 6.45) is 3.29. The molecule has 0 atom stereocenters. The van der Waals surface area contributed by atoms with E-state index >= 15 is 0 Å². The Kier molecular flexibility index (Phi) is 11.5. The average molecular weight is 408 g/mol. The smallest absolute Gasteiger partial charge is 0.191 e. The van der Waals surface area contributed by atoms with Crippen LogP contribution in [0.15, 0.2) is 23.2 Å². The number of ether oxygens (including phenoxy) is 4. The molecule has 0 amide bonds. The monoisotopic (exact) mass is 407 g/mol. The van der Waals surface area contributed by atoms with E-state index < -0.39 is 0 Å². The molecule has 1 aromatic rings. The summed E-state index contributed by atoms with van der Waals surface area (Å²) in [4.78, 5) is 4.30. The Labute approximate surface area is 175 Å². The molecule has 0 aliphatic carbocycles. The lowest BCUT2D eigenvalue weighted by Crippen LogP contribution is -2.37. The summed E-state index contributed by atoms with van der Waals surface area (Å²) in [5.74, 6) is 1.66. The molecule has 0 spiro atoms. The number of hydrogen-bond donors (Lipinski definition) is 2. The largest absolute Gasteiger partial charge is 0.491 e. The van der Waals surface area contributed by atoms with E-state index in [0.29, 0.717) is 32.5 Å². The second-order valence-corrected chi connectivity index (χ2v) is 7.05. The molecule has 7 heteroatoms. The topological polar surface area (TPSA) is 73.3 Å². The number of hydrogen-bond acceptors (Lipinski definition) is 5. The second kappa shape index (κ2) is 14.2. The number of rotatable bonds is 12. The Morgan fingerprint density at radius 1 is 1.17 bits per heavy atom. The molecular formula is C22H37N3O4. The van der Waals surface area contributed by atoms with Gasteiger partial charge in [0.15, 0.2) is 5.96 Å². The van der Waals surface area contributed by atoms with Crippen LogP contribution in [-0.2, 0) is 20.8 Å². The molecule has 2 rings (SSSR count). The Bertz CT molecular complexity index is 604. The highest BCUT2D eigenvalue weighted by molar-refractivity contribution is 5.79. The summed E-state index contributed by atoms with van der Waals surface area (Å²) >= 11 is 0. The predicted molar refractivity (Wildman–Crippen MR) is 116 cm³/mol. The highest BCUT2D eigenvalue weighted by Gasteiger charge is 2.13. The van der Waals surface area contributed by atoms with Gasteiger partial charge in [0.25, 0.3) is 0 Å². The Hall–Kier alpha value is -1.83. The summed E-state index contributed by atoms with van der Waals surface area (Å²) < 4.78 is 22.5. The third kappa shape index (κ3) is 9.47. The van der Waals surface area contributed by atoms with Crippen molar-refractivity contribution in [3.63, 3.8) is 0 Å². The van der Waals surface area contributed by atoms with Crippen LogP contribution >= 0.6 is 0 Å². The summed E-state index contributed by atoms with van der Waals surface area (Å²) in [5.41, 5.74) is 2.27. The van der Waals surface area contributed by atoms with Crippen LogP contribution in [0.2, 0.25) is 0 Å². The third-order valence-corrected chi connectivity index (χ3v) is 4.72. The van der Waals surface area contributed by atoms with Gasteiger partial charge in [0.2, 0.25) is 0 Å². The van der Waals surface area contributed by atoms with E-state index in [-0.39, 0.29) is 0 Å². The zero-order valence-corrected chi connectivity index (χ0v) is 18.2. The van der Waals surface area contributed by atoms with Crippen molar-refractivity contribution in [1.82, 2.24) is 10.6 Å². The lowest BCUT2D eigenvalue weighted by molar-refractivity contribution is -0.0320. The van der Waals surface area contributed by atoms with Gasteiger partial charge >= 0.3 is 0 Å². The number of aryl methyl sites for hydroxylation is 1. The fraction of sp³-hybridized carbons (Fsp3) is 0.682. The minimum absolute atomic E-state index is 0.351. The maximum atomic E-state index is 5.91. The van der Waals surface area contributed by atoms with Gasteiger partial charge in [-0.3, -0.25) is 4.99 Å². The van der Waals surface area contributed by atoms with Crippen molar-refractivity contribution in [3.8, 4) is 5.75 Å². The first-order valence-corrected chi connectivity index (χ1v) is 10.7. The van der Waals surface area contributed by atoms with Crippen molar-refractivity contribution >= 4 is 5.96 Å². The molecule has 7 nitrogen and oxygen atoms in total. The quantitative estimate of drug-likeness (QED) is 0.315. The van der Waals surface area contributed by atoms with E-state index in [9.17, 15) is 0 Å². The molecule has 1 aromatic carbocycles. The van der Waals surface area contributed by atoms with Crippen molar-refractivity contribution in [2.75, 3.05) is 53.2 Å². The van der Waals surface area contributed by atoms with Crippen LogP contribution in [0.3, 0.4) is 0 Å². The molecular weight excluding hydrogens is 370 g/mol. The zero-order chi connectivity index (χ0) is 20.7. The fourth-order valence-corrected chi connectivity index (χ4v) is 3.07. The maximum absolute atomic E-state index is 5.91. The molecule has 0 aromatic heterocycles. The highest BCUT2D eigenvalue weighted by Crippen LogP contribution is 2.20. The van der Waals surface area contributed by atoms with Crippen molar-refractivity contribution in [2.45, 2.75) is 45.8 Å². The number of nitrogens with zero attached hydrogens (tertiary/aromatic N) is 1. The predicted octanol–water partition coefficient (Wildman–Crippen LogP) is 2.66. The van der Waals surface area contributed by atoms with Crippen LogP contribution in [0.25, 0.3) is 0 Å². The molecule has 0 radical (unpaired) electrons. The molecule has 1 saturated heterocycles. The van der Waals surface area contributed by atoms with E-state index in [0.717, 1.165) is 62.9 Å². The molecule has 29 heavy (non-hydrogen) atoms. The molecule has 2 N–H and O–H groups in total. The van der Waals surface area contributed by atoms with Gasteiger partial charge in [-0.25, -0.2) is 0 Å². The summed E-state index contributed by atoms with van der Waals surface area (Å²) in [6.45, 7) is 9.73. The Balaban J connectivity index is 1.69. The molecule has 0 bridgehead atoms. The molecule has 1 fully saturated rings. The van der Waals surface area contributed by atoms with E-state index in [4.69, 9.17) is 18.9 Å². The van der Waals surface area contributed by atoms with Crippen molar-refractivity contribution < 1.29 is 18.9 Å². The summed E-state index contributed by atoms with van der Waals surface area (Å²) in [5, 5.41) is 6.70. The average Bonchev–Trinajstić information content (AvgIpc) is 2.75. The van der Waals surface area contributed by atoms with Crippen LogP contribution in [0.5, 0.6) is 5.75 Å². The van der Waals surface area contributed by atoms with Crippen molar-refractivity contribution in [3.05, 3.63) is 29.3 Å². The Morgan fingerprint density at radius 2 is 2.00 bits per heavy atom. The maximum Gasteiger partial charge on any atom is 0.191 e. The molecule has 1 heterocycles. The normalized spacial score (nSPS) is 15.3. The number of nitrogens with one attached hydrogen (secondary N) is 2. The number of benzene rings is 1. The number of aliphatic imine (C=N–C) groups is 1. The standard InChI is InChI=1S/C22H37N3O4/c1-4-26-14-15-29-21-16-18(2)6-7-19(21)17-25-22(23-3)24-10-5-11-28-20-8-12-27-13-9-20/h6-7,16,20H,4-5,8-15,17H2,1-3H3,(H2,23,24,25). The zero-order valence-electron chi connectivity index (χ0n) is 18.2. The Morgan fingerprint density at radius 3 is 2.76 bits per heavy atom. The first kappa shape index (κ1) is 23.4. The van der Waals surface area contributed by atoms with Crippen LogP contribution in [-0.4, -0.2) is 65.3 Å². The molecule has 0 saturated carbocycles. The molecule has 1 aliphatic rings. The molecule has 1 aliphatic heterocycles. The van der Waals surface area contributed by atoms with Gasteiger partial charge in [-0.05, 0) is 44.7 Å². The second-order valence-electron chi connectivity index (χ2n) is 7.05. The van der Waals surface area contributed by atoms with Crippen LogP contribution in [0.1, 0.15) is 37.3 Å². The van der Waals surface area contributed by atoms with Crippen LogP contribution in [0.4, 0.5) is 0 Å². The van der Waals surface area contributed by atoms with E-state index in [1.165, 1.54) is 5.56 Å². The van der Waals surface area contributed by atoms with E-state index in [1.54, 1.807) is 7.05 Å². The van der Waals surface area contributed by atoms with Gasteiger partial charge in [0.05, 0.1) is 12.7 Å². The lowest BCUT2D eigenvalue weighted by Gasteiger charge is -2.22. The van der Waals surface area contributed by atoms with Crippen LogP contribution < -0.4 is 15.4 Å². The third-order valence-electron chi connectivity index (χ3n) is 4.72. The summed E-state index contributed by atoms with van der Waals surface area (Å²) in [6, 6.07) is 6.25. The van der Waals surface area contributed by atoms with Gasteiger partial charge in [0, 0.05) is 52.1 Å².